The Balaban J connectivity index is 2.33. The first-order chi connectivity index (χ1) is 34.6. The van der Waals surface area contributed by atoms with E-state index in [1.54, 1.807) is 0 Å². The lowest BCUT2D eigenvalue weighted by Crippen LogP contribution is -2.60. The molecule has 0 bridgehead atoms. The quantitative estimate of drug-likeness (QED) is 0.0196. The highest BCUT2D eigenvalue weighted by atomic mass is 32.3. The van der Waals surface area contributed by atoms with Crippen LogP contribution in [0.4, 0.5) is 0 Å². The fraction of sp³-hybridized carbons (Fsp3) is 0.776. The molecule has 0 aliphatic carbocycles. The zero-order chi connectivity index (χ0) is 51.7. The Morgan fingerprint density at radius 3 is 1.34 bits per heavy atom. The predicted octanol–water partition coefficient (Wildman–Crippen LogP) is 13.8. The molecule has 0 amide bonds. The van der Waals surface area contributed by atoms with E-state index in [0.717, 1.165) is 57.8 Å². The summed E-state index contributed by atoms with van der Waals surface area (Å²) < 4.78 is 59.3. The third-order valence-corrected chi connectivity index (χ3v) is 13.1. The second kappa shape index (κ2) is 48.5. The number of aliphatic hydroxyl groups is 3. The van der Waals surface area contributed by atoms with Crippen LogP contribution in [0.25, 0.3) is 0 Å². The van der Waals surface area contributed by atoms with Crippen molar-refractivity contribution >= 4 is 16.4 Å². The molecule has 12 nitrogen and oxygen atoms in total. The number of hydrogen-bond acceptors (Lipinski definition) is 11. The molecule has 0 radical (unpaired) electrons. The first-order valence-corrected chi connectivity index (χ1v) is 29.6. The summed E-state index contributed by atoms with van der Waals surface area (Å²) in [5, 5.41) is 30.8. The molecule has 4 N–H and O–H groups in total. The van der Waals surface area contributed by atoms with Crippen molar-refractivity contribution in [2.45, 2.75) is 263 Å². The molecule has 1 aliphatic rings. The standard InChI is InChI=1S/C58H102O12S/c1-3-5-7-9-11-13-15-17-19-21-23-24-25-26-27-28-30-32-34-36-38-40-42-44-46-48-66-50-52(51-67-58-56(62)57(70-71(63,64)65)55(61)53(49-59)69-58)68-54(60)47-45-43-41-39-37-35-33-31-29-22-20-18-16-14-12-10-8-6-4-2/h6,8,12,14,18,20,29,31,35,37,41,43,52-53,55-59,61-62H,3-5,7,9-11,13,15-17,19,21-28,30,32-34,36,38-40,42,44-51H2,1-2H3,(H,63,64,65)/b8-6-,14-12-,20-18-,31-29-,37-35-,43-41-. The van der Waals surface area contributed by atoms with Crippen molar-refractivity contribution in [1.29, 1.82) is 0 Å². The number of aliphatic hydroxyl groups excluding tert-OH is 3. The van der Waals surface area contributed by atoms with E-state index in [9.17, 15) is 33.1 Å². The Hall–Kier alpha value is -2.46. The van der Waals surface area contributed by atoms with Gasteiger partial charge in [0, 0.05) is 13.0 Å². The molecule has 0 aromatic rings. The number of allylic oxidation sites excluding steroid dienone is 12. The van der Waals surface area contributed by atoms with Crippen LogP contribution in [0.5, 0.6) is 0 Å². The molecule has 6 unspecified atom stereocenters. The van der Waals surface area contributed by atoms with Crippen LogP contribution in [0.15, 0.2) is 72.9 Å². The molecule has 6 atom stereocenters. The molecule has 0 aromatic heterocycles. The molecule has 1 aliphatic heterocycles. The van der Waals surface area contributed by atoms with E-state index in [0.29, 0.717) is 13.0 Å². The Kier molecular flexibility index (Phi) is 45.4. The fourth-order valence-electron chi connectivity index (χ4n) is 8.41. The molecule has 0 spiro atoms. The zero-order valence-electron chi connectivity index (χ0n) is 44.5. The van der Waals surface area contributed by atoms with Crippen molar-refractivity contribution in [3.05, 3.63) is 72.9 Å². The van der Waals surface area contributed by atoms with Gasteiger partial charge in [-0.15, -0.1) is 0 Å². The van der Waals surface area contributed by atoms with Crippen molar-refractivity contribution < 1.29 is 56.2 Å². The van der Waals surface area contributed by atoms with Crippen LogP contribution >= 0.6 is 0 Å². The first-order valence-electron chi connectivity index (χ1n) is 28.2. The third-order valence-electron chi connectivity index (χ3n) is 12.6. The van der Waals surface area contributed by atoms with Crippen molar-refractivity contribution in [3.8, 4) is 0 Å². The van der Waals surface area contributed by atoms with Crippen LogP contribution in [-0.2, 0) is 38.3 Å². The van der Waals surface area contributed by atoms with Crippen molar-refractivity contribution in [3.63, 3.8) is 0 Å². The number of carbonyl (C=O) groups is 1. The lowest BCUT2D eigenvalue weighted by molar-refractivity contribution is -0.301. The summed E-state index contributed by atoms with van der Waals surface area (Å²) in [7, 11) is -5.08. The first kappa shape index (κ1) is 66.6. The molecule has 412 valence electrons. The molecular weight excluding hydrogens is 921 g/mol. The highest BCUT2D eigenvalue weighted by molar-refractivity contribution is 7.80. The molecule has 1 heterocycles. The van der Waals surface area contributed by atoms with E-state index < -0.39 is 59.8 Å². The monoisotopic (exact) mass is 1020 g/mol. The second-order valence-corrected chi connectivity index (χ2v) is 20.2. The van der Waals surface area contributed by atoms with Gasteiger partial charge in [0.1, 0.15) is 30.5 Å². The van der Waals surface area contributed by atoms with Crippen molar-refractivity contribution in [2.24, 2.45) is 0 Å². The summed E-state index contributed by atoms with van der Waals surface area (Å²) in [6.07, 6.45) is 55.4. The highest BCUT2D eigenvalue weighted by Crippen LogP contribution is 2.26. The average Bonchev–Trinajstić information content (AvgIpc) is 3.35. The van der Waals surface area contributed by atoms with Crippen LogP contribution in [0.3, 0.4) is 0 Å². The lowest BCUT2D eigenvalue weighted by Gasteiger charge is -2.41. The number of ether oxygens (including phenoxy) is 4. The van der Waals surface area contributed by atoms with E-state index in [1.807, 2.05) is 12.2 Å². The Morgan fingerprint density at radius 1 is 0.549 bits per heavy atom. The Bertz CT molecular complexity index is 1510. The van der Waals surface area contributed by atoms with Crippen LogP contribution in [0, 0.1) is 0 Å². The summed E-state index contributed by atoms with van der Waals surface area (Å²) in [4.78, 5) is 12.9. The second-order valence-electron chi connectivity index (χ2n) is 19.2. The van der Waals surface area contributed by atoms with Gasteiger partial charge < -0.3 is 34.3 Å². The summed E-state index contributed by atoms with van der Waals surface area (Å²) in [5.41, 5.74) is 0. The normalized spacial score (nSPS) is 19.5. The van der Waals surface area contributed by atoms with Gasteiger partial charge in [-0.2, -0.15) is 8.42 Å². The van der Waals surface area contributed by atoms with Gasteiger partial charge >= 0.3 is 16.4 Å². The van der Waals surface area contributed by atoms with Crippen LogP contribution < -0.4 is 0 Å². The number of carbonyl (C=O) groups excluding carboxylic acids is 1. The van der Waals surface area contributed by atoms with Gasteiger partial charge in [-0.25, -0.2) is 4.18 Å². The molecule has 0 saturated carbocycles. The molecule has 13 heteroatoms. The number of unbranched alkanes of at least 4 members (excludes halogenated alkanes) is 24. The lowest BCUT2D eigenvalue weighted by atomic mass is 9.99. The van der Waals surface area contributed by atoms with Crippen molar-refractivity contribution in [1.82, 2.24) is 0 Å². The number of esters is 1. The summed E-state index contributed by atoms with van der Waals surface area (Å²) in [5.74, 6) is -0.479. The third kappa shape index (κ3) is 41.6. The van der Waals surface area contributed by atoms with Gasteiger partial charge in [-0.3, -0.25) is 9.35 Å². The van der Waals surface area contributed by atoms with Crippen LogP contribution in [0.1, 0.15) is 226 Å². The molecular formula is C58H102O12S. The zero-order valence-corrected chi connectivity index (χ0v) is 45.3. The minimum absolute atomic E-state index is 0.00483. The maximum absolute atomic E-state index is 12.9. The maximum Gasteiger partial charge on any atom is 0.397 e. The predicted molar refractivity (Wildman–Crippen MR) is 289 cm³/mol. The SMILES string of the molecule is CC/C=C\C/C=C\C/C=C\C/C=C\C/C=C\C/C=C\CCC(=O)OC(COCCCCCCCCCCCCCCCCCCCCCCCCCCC)COC1OC(CO)C(O)C(OS(=O)(=O)O)C1O. The maximum atomic E-state index is 12.9. The minimum Gasteiger partial charge on any atom is -0.457 e. The molecule has 1 rings (SSSR count). The Morgan fingerprint density at radius 2 is 0.944 bits per heavy atom. The highest BCUT2D eigenvalue weighted by Gasteiger charge is 2.48. The fourth-order valence-corrected chi connectivity index (χ4v) is 8.92. The molecule has 0 aromatic carbocycles. The van der Waals surface area contributed by atoms with E-state index >= 15 is 0 Å². The van der Waals surface area contributed by atoms with Crippen molar-refractivity contribution in [2.75, 3.05) is 26.4 Å². The smallest absolute Gasteiger partial charge is 0.397 e. The minimum atomic E-state index is -5.08. The van der Waals surface area contributed by atoms with Gasteiger partial charge in [0.05, 0.1) is 19.8 Å². The van der Waals surface area contributed by atoms with Gasteiger partial charge in [0.15, 0.2) is 6.29 Å². The van der Waals surface area contributed by atoms with E-state index in [2.05, 4.69) is 78.8 Å². The van der Waals surface area contributed by atoms with Crippen LogP contribution in [0.2, 0.25) is 0 Å². The van der Waals surface area contributed by atoms with Crippen LogP contribution in [-0.4, -0.2) is 97.5 Å². The molecule has 1 saturated heterocycles. The Labute approximate surface area is 432 Å². The van der Waals surface area contributed by atoms with Gasteiger partial charge in [-0.05, 0) is 51.4 Å². The van der Waals surface area contributed by atoms with E-state index in [1.165, 1.54) is 141 Å². The van der Waals surface area contributed by atoms with Gasteiger partial charge in [0.25, 0.3) is 0 Å². The van der Waals surface area contributed by atoms with Gasteiger partial charge in [-0.1, -0.05) is 241 Å². The summed E-state index contributed by atoms with van der Waals surface area (Å²) in [6, 6.07) is 0. The topological polar surface area (TPSA) is 178 Å². The van der Waals surface area contributed by atoms with E-state index in [4.69, 9.17) is 18.9 Å². The molecule has 71 heavy (non-hydrogen) atoms. The number of rotatable bonds is 49. The van der Waals surface area contributed by atoms with Gasteiger partial charge in [0.2, 0.25) is 0 Å². The molecule has 1 fully saturated rings. The summed E-state index contributed by atoms with van der Waals surface area (Å²) >= 11 is 0. The number of hydrogen-bond donors (Lipinski definition) is 4. The average molecular weight is 1020 g/mol. The summed E-state index contributed by atoms with van der Waals surface area (Å²) in [6.45, 7) is 3.82. The van der Waals surface area contributed by atoms with E-state index in [-0.39, 0.29) is 19.6 Å². The largest absolute Gasteiger partial charge is 0.457 e.